The standard InChI is InChI=1S/C15H16F2N2O3S/c16-11-7-10-13(8-12(11)17)18-9-14(15(10)20)23(21,22)19-5-3-1-2-4-6-19/h7-9H,1-6H2,(H,18,20). The monoisotopic (exact) mass is 342 g/mol. The zero-order valence-electron chi connectivity index (χ0n) is 12.3. The van der Waals surface area contributed by atoms with Crippen LogP contribution in [0.1, 0.15) is 25.7 Å². The van der Waals surface area contributed by atoms with Gasteiger partial charge in [-0.25, -0.2) is 17.2 Å². The lowest BCUT2D eigenvalue weighted by molar-refractivity contribution is 0.423. The van der Waals surface area contributed by atoms with Crippen LogP contribution >= 0.6 is 0 Å². The normalized spacial score (nSPS) is 17.3. The van der Waals surface area contributed by atoms with Gasteiger partial charge in [0.2, 0.25) is 15.5 Å². The van der Waals surface area contributed by atoms with E-state index in [0.717, 1.165) is 44.0 Å². The fourth-order valence-corrected chi connectivity index (χ4v) is 4.38. The summed E-state index contributed by atoms with van der Waals surface area (Å²) in [5.74, 6) is -2.29. The van der Waals surface area contributed by atoms with Crippen LogP contribution in [0.4, 0.5) is 8.78 Å². The van der Waals surface area contributed by atoms with Crippen molar-refractivity contribution >= 4 is 20.9 Å². The lowest BCUT2D eigenvalue weighted by Gasteiger charge is -2.19. The van der Waals surface area contributed by atoms with Gasteiger partial charge in [-0.3, -0.25) is 4.79 Å². The summed E-state index contributed by atoms with van der Waals surface area (Å²) in [6, 6.07) is 1.57. The molecule has 1 saturated heterocycles. The Morgan fingerprint density at radius 2 is 1.61 bits per heavy atom. The fourth-order valence-electron chi connectivity index (χ4n) is 2.81. The van der Waals surface area contributed by atoms with Gasteiger partial charge in [0.1, 0.15) is 4.90 Å². The van der Waals surface area contributed by atoms with Crippen molar-refractivity contribution in [1.29, 1.82) is 0 Å². The number of fused-ring (bicyclic) bond motifs is 1. The Balaban J connectivity index is 2.14. The maximum Gasteiger partial charge on any atom is 0.248 e. The SMILES string of the molecule is O=c1c(S(=O)(=O)N2CCCCCC2)c[nH]c2cc(F)c(F)cc12. The highest BCUT2D eigenvalue weighted by atomic mass is 32.2. The van der Waals surface area contributed by atoms with Gasteiger partial charge in [-0.1, -0.05) is 12.8 Å². The molecule has 0 saturated carbocycles. The molecule has 3 rings (SSSR count). The summed E-state index contributed by atoms with van der Waals surface area (Å²) in [6.07, 6.45) is 4.44. The number of aromatic nitrogens is 1. The maximum absolute atomic E-state index is 13.4. The molecule has 1 aromatic carbocycles. The third-order valence-corrected chi connectivity index (χ3v) is 5.97. The molecule has 23 heavy (non-hydrogen) atoms. The van der Waals surface area contributed by atoms with Crippen LogP contribution in [0.3, 0.4) is 0 Å². The molecule has 0 radical (unpaired) electrons. The molecule has 2 aromatic rings. The first kappa shape index (κ1) is 16.1. The topological polar surface area (TPSA) is 70.2 Å². The number of hydrogen-bond donors (Lipinski definition) is 1. The van der Waals surface area contributed by atoms with Crippen molar-refractivity contribution in [3.05, 3.63) is 40.2 Å². The molecule has 2 heterocycles. The van der Waals surface area contributed by atoms with Gasteiger partial charge >= 0.3 is 0 Å². The highest BCUT2D eigenvalue weighted by Gasteiger charge is 2.28. The lowest BCUT2D eigenvalue weighted by Crippen LogP contribution is -2.35. The van der Waals surface area contributed by atoms with Crippen molar-refractivity contribution in [2.24, 2.45) is 0 Å². The van der Waals surface area contributed by atoms with E-state index < -0.39 is 32.0 Å². The number of aromatic amines is 1. The second-order valence-electron chi connectivity index (χ2n) is 5.61. The van der Waals surface area contributed by atoms with E-state index in [1.54, 1.807) is 0 Å². The predicted molar refractivity (Wildman–Crippen MR) is 81.7 cm³/mol. The first-order valence-corrected chi connectivity index (χ1v) is 8.86. The van der Waals surface area contributed by atoms with Crippen molar-refractivity contribution in [3.63, 3.8) is 0 Å². The van der Waals surface area contributed by atoms with Gasteiger partial charge in [0, 0.05) is 30.7 Å². The Morgan fingerprint density at radius 3 is 2.26 bits per heavy atom. The molecule has 0 unspecified atom stereocenters. The second-order valence-corrected chi connectivity index (χ2v) is 7.52. The van der Waals surface area contributed by atoms with Crippen LogP contribution in [-0.2, 0) is 10.0 Å². The van der Waals surface area contributed by atoms with Crippen LogP contribution in [0, 0.1) is 11.6 Å². The molecular formula is C15H16F2N2O3S. The Hall–Kier alpha value is -1.80. The molecule has 124 valence electrons. The average molecular weight is 342 g/mol. The number of benzene rings is 1. The van der Waals surface area contributed by atoms with Crippen LogP contribution < -0.4 is 5.43 Å². The summed E-state index contributed by atoms with van der Waals surface area (Å²) >= 11 is 0. The van der Waals surface area contributed by atoms with Crippen molar-refractivity contribution in [1.82, 2.24) is 9.29 Å². The molecule has 1 aromatic heterocycles. The number of pyridine rings is 1. The van der Waals surface area contributed by atoms with E-state index >= 15 is 0 Å². The molecule has 8 heteroatoms. The van der Waals surface area contributed by atoms with Gasteiger partial charge < -0.3 is 4.98 Å². The molecule has 1 aliphatic heterocycles. The summed E-state index contributed by atoms with van der Waals surface area (Å²) in [5.41, 5.74) is -0.759. The Bertz CT molecular complexity index is 901. The summed E-state index contributed by atoms with van der Waals surface area (Å²) in [6.45, 7) is 0.717. The molecule has 1 N–H and O–H groups in total. The van der Waals surface area contributed by atoms with Crippen molar-refractivity contribution in [2.75, 3.05) is 13.1 Å². The van der Waals surface area contributed by atoms with Gasteiger partial charge in [-0.2, -0.15) is 4.31 Å². The zero-order valence-corrected chi connectivity index (χ0v) is 13.1. The quantitative estimate of drug-likeness (QED) is 0.911. The molecule has 1 fully saturated rings. The molecule has 0 amide bonds. The smallest absolute Gasteiger partial charge is 0.248 e. The van der Waals surface area contributed by atoms with Crippen LogP contribution in [0.15, 0.2) is 28.0 Å². The molecule has 0 bridgehead atoms. The minimum Gasteiger partial charge on any atom is -0.360 e. The molecule has 1 aliphatic rings. The van der Waals surface area contributed by atoms with E-state index in [0.29, 0.717) is 13.1 Å². The molecule has 5 nitrogen and oxygen atoms in total. The van der Waals surface area contributed by atoms with Crippen LogP contribution in [0.25, 0.3) is 10.9 Å². The van der Waals surface area contributed by atoms with E-state index in [-0.39, 0.29) is 10.9 Å². The van der Waals surface area contributed by atoms with Gasteiger partial charge in [-0.15, -0.1) is 0 Å². The predicted octanol–water partition coefficient (Wildman–Crippen LogP) is 2.37. The van der Waals surface area contributed by atoms with Crippen molar-refractivity contribution in [2.45, 2.75) is 30.6 Å². The lowest BCUT2D eigenvalue weighted by atomic mass is 10.2. The summed E-state index contributed by atoms with van der Waals surface area (Å²) in [4.78, 5) is 14.6. The summed E-state index contributed by atoms with van der Waals surface area (Å²) < 4.78 is 53.3. The Morgan fingerprint density at radius 1 is 1.00 bits per heavy atom. The zero-order chi connectivity index (χ0) is 16.6. The van der Waals surface area contributed by atoms with Gasteiger partial charge in [-0.05, 0) is 18.9 Å². The number of sulfonamides is 1. The molecule has 0 spiro atoms. The number of hydrogen-bond acceptors (Lipinski definition) is 3. The van der Waals surface area contributed by atoms with E-state index in [2.05, 4.69) is 4.98 Å². The highest BCUT2D eigenvalue weighted by molar-refractivity contribution is 7.89. The summed E-state index contributed by atoms with van der Waals surface area (Å²) in [5, 5.41) is -0.181. The van der Waals surface area contributed by atoms with Gasteiger partial charge in [0.05, 0.1) is 5.52 Å². The largest absolute Gasteiger partial charge is 0.360 e. The third-order valence-electron chi connectivity index (χ3n) is 4.07. The number of nitrogens with zero attached hydrogens (tertiary/aromatic N) is 1. The fraction of sp³-hybridized carbons (Fsp3) is 0.400. The minimum absolute atomic E-state index is 0.0590. The molecule has 0 aliphatic carbocycles. The highest BCUT2D eigenvalue weighted by Crippen LogP contribution is 2.20. The van der Waals surface area contributed by atoms with Crippen LogP contribution in [0.5, 0.6) is 0 Å². The Labute approximate surface area is 132 Å². The average Bonchev–Trinajstić information content (AvgIpc) is 2.79. The van der Waals surface area contributed by atoms with E-state index in [1.807, 2.05) is 0 Å². The number of rotatable bonds is 2. The Kier molecular flexibility index (Phi) is 4.20. The summed E-state index contributed by atoms with van der Waals surface area (Å²) in [7, 11) is -3.96. The number of halogens is 2. The minimum atomic E-state index is -3.96. The van der Waals surface area contributed by atoms with Crippen molar-refractivity contribution in [3.8, 4) is 0 Å². The van der Waals surface area contributed by atoms with E-state index in [4.69, 9.17) is 0 Å². The molecule has 0 atom stereocenters. The number of nitrogens with one attached hydrogen (secondary N) is 1. The second kappa shape index (κ2) is 6.01. The molecular weight excluding hydrogens is 326 g/mol. The third kappa shape index (κ3) is 2.88. The van der Waals surface area contributed by atoms with E-state index in [9.17, 15) is 22.0 Å². The van der Waals surface area contributed by atoms with Crippen molar-refractivity contribution < 1.29 is 17.2 Å². The number of H-pyrrole nitrogens is 1. The van der Waals surface area contributed by atoms with Crippen LogP contribution in [0.2, 0.25) is 0 Å². The van der Waals surface area contributed by atoms with Gasteiger partial charge in [0.15, 0.2) is 11.6 Å². The van der Waals surface area contributed by atoms with E-state index in [1.165, 1.54) is 4.31 Å². The maximum atomic E-state index is 13.4. The van der Waals surface area contributed by atoms with Crippen LogP contribution in [-0.4, -0.2) is 30.8 Å². The first-order valence-electron chi connectivity index (χ1n) is 7.42. The first-order chi connectivity index (χ1) is 10.9. The van der Waals surface area contributed by atoms with Gasteiger partial charge in [0.25, 0.3) is 0 Å².